The van der Waals surface area contributed by atoms with Gasteiger partial charge in [0.15, 0.2) is 5.54 Å². The summed E-state index contributed by atoms with van der Waals surface area (Å²) in [6.45, 7) is 9.68. The van der Waals surface area contributed by atoms with Crippen molar-refractivity contribution in [2.24, 2.45) is 16.7 Å². The number of hydrogen-bond acceptors (Lipinski definition) is 6. The molecule has 0 N–H and O–H groups in total. The van der Waals surface area contributed by atoms with Gasteiger partial charge < -0.3 is 9.47 Å². The fourth-order valence-corrected chi connectivity index (χ4v) is 9.07. The minimum atomic E-state index is -3.43. The van der Waals surface area contributed by atoms with Gasteiger partial charge in [-0.25, -0.2) is 17.5 Å². The van der Waals surface area contributed by atoms with E-state index in [1.165, 1.54) is 4.31 Å². The summed E-state index contributed by atoms with van der Waals surface area (Å²) in [5.41, 5.74) is -1.38. The monoisotopic (exact) mass is 424 g/mol. The molecule has 162 valence electrons. The van der Waals surface area contributed by atoms with Gasteiger partial charge in [0.05, 0.1) is 5.75 Å². The topological polar surface area (TPSA) is 75.9 Å². The van der Waals surface area contributed by atoms with E-state index in [2.05, 4.69) is 13.8 Å². The van der Waals surface area contributed by atoms with E-state index in [0.717, 1.165) is 19.3 Å². The zero-order valence-electron chi connectivity index (χ0n) is 17.8. The summed E-state index contributed by atoms with van der Waals surface area (Å²) >= 11 is 0. The molecule has 7 atom stereocenters. The molecule has 29 heavy (non-hydrogen) atoms. The van der Waals surface area contributed by atoms with Crippen LogP contribution in [0.4, 0.5) is 0 Å². The molecule has 2 unspecified atom stereocenters. The summed E-state index contributed by atoms with van der Waals surface area (Å²) < 4.78 is 40.0. The highest BCUT2D eigenvalue weighted by atomic mass is 32.2. The van der Waals surface area contributed by atoms with Crippen LogP contribution >= 0.6 is 0 Å². The summed E-state index contributed by atoms with van der Waals surface area (Å²) in [4.78, 5) is 15.3. The molecule has 0 aromatic rings. The lowest BCUT2D eigenvalue weighted by molar-refractivity contribution is -0.161. The quantitative estimate of drug-likeness (QED) is 0.352. The molecule has 3 heterocycles. The predicted octanol–water partition coefficient (Wildman–Crippen LogP) is 1.75. The van der Waals surface area contributed by atoms with Crippen molar-refractivity contribution in [1.82, 2.24) is 9.21 Å². The smallest absolute Gasteiger partial charge is 0.331 e. The van der Waals surface area contributed by atoms with E-state index < -0.39 is 21.0 Å². The summed E-state index contributed by atoms with van der Waals surface area (Å²) in [7, 11) is -3.43. The summed E-state index contributed by atoms with van der Waals surface area (Å²) in [6.07, 6.45) is 5.80. The molecule has 2 aliphatic carbocycles. The van der Waals surface area contributed by atoms with Crippen LogP contribution in [-0.4, -0.2) is 73.0 Å². The molecular weight excluding hydrogens is 392 g/mol. The van der Waals surface area contributed by atoms with Gasteiger partial charge in [0.1, 0.15) is 18.4 Å². The Labute approximate surface area is 173 Å². The third kappa shape index (κ3) is 2.40. The van der Waals surface area contributed by atoms with Crippen molar-refractivity contribution < 1.29 is 22.7 Å². The average molecular weight is 425 g/mol. The van der Waals surface area contributed by atoms with Crippen LogP contribution in [0.1, 0.15) is 47.0 Å². The number of carbonyl (C=O) groups excluding carboxylic acids is 1. The van der Waals surface area contributed by atoms with Gasteiger partial charge in [-0.1, -0.05) is 33.8 Å². The van der Waals surface area contributed by atoms with Crippen molar-refractivity contribution >= 4 is 16.0 Å². The van der Waals surface area contributed by atoms with Gasteiger partial charge in [0, 0.05) is 25.0 Å². The van der Waals surface area contributed by atoms with Crippen molar-refractivity contribution in [1.29, 1.82) is 0 Å². The van der Waals surface area contributed by atoms with Crippen LogP contribution in [0.2, 0.25) is 0 Å². The lowest BCUT2D eigenvalue weighted by Gasteiger charge is -2.42. The number of fused-ring (bicyclic) bond motifs is 7. The molecule has 8 heteroatoms. The fraction of sp³-hybridized carbons (Fsp3) is 0.857. The first-order valence-electron chi connectivity index (χ1n) is 10.9. The maximum absolute atomic E-state index is 13.3. The van der Waals surface area contributed by atoms with Crippen molar-refractivity contribution in [2.75, 3.05) is 25.4 Å². The Kier molecular flexibility index (Phi) is 4.17. The molecule has 0 radical (unpaired) electrons. The number of sulfonamides is 1. The standard InChI is InChI=1S/C21H32N2O5S/c1-5-22(6-2)29(25,26)13-20-10-9-14(19(20,3)4)11-16(20)28-18(24)21-12-23(21)17-8-7-15(21)27-17/h7-8,14-17H,5-6,9-13H2,1-4H3/t14-,15-,16-,17+,20-,21?,23?/m1/s1. The Morgan fingerprint density at radius 2 is 2.00 bits per heavy atom. The zero-order valence-corrected chi connectivity index (χ0v) is 18.6. The minimum Gasteiger partial charge on any atom is -0.460 e. The Morgan fingerprint density at radius 1 is 1.28 bits per heavy atom. The van der Waals surface area contributed by atoms with E-state index in [1.54, 1.807) is 0 Å². The zero-order chi connectivity index (χ0) is 20.8. The molecule has 0 amide bonds. The fourth-order valence-electron chi connectivity index (χ4n) is 6.75. The summed E-state index contributed by atoms with van der Waals surface area (Å²) in [5, 5.41) is 0. The molecule has 0 spiro atoms. The highest BCUT2D eigenvalue weighted by Gasteiger charge is 2.75. The predicted molar refractivity (Wildman–Crippen MR) is 107 cm³/mol. The van der Waals surface area contributed by atoms with Crippen molar-refractivity contribution in [3.63, 3.8) is 0 Å². The first-order chi connectivity index (χ1) is 13.6. The Balaban J connectivity index is 1.41. The van der Waals surface area contributed by atoms with Gasteiger partial charge >= 0.3 is 5.97 Å². The van der Waals surface area contributed by atoms with Crippen molar-refractivity contribution in [3.05, 3.63) is 12.2 Å². The third-order valence-electron chi connectivity index (χ3n) is 8.83. The Bertz CT molecular complexity index is 866. The van der Waals surface area contributed by atoms with Crippen LogP contribution in [0, 0.1) is 16.7 Å². The van der Waals surface area contributed by atoms with Gasteiger partial charge in [-0.15, -0.1) is 0 Å². The maximum Gasteiger partial charge on any atom is 0.331 e. The molecule has 7 nitrogen and oxygen atoms in total. The van der Waals surface area contributed by atoms with Gasteiger partial charge in [0.25, 0.3) is 0 Å². The molecule has 2 saturated heterocycles. The molecule has 5 aliphatic rings. The number of carbonyl (C=O) groups is 1. The molecule has 3 aliphatic heterocycles. The number of ether oxygens (including phenoxy) is 2. The number of hydrogen-bond donors (Lipinski definition) is 0. The van der Waals surface area contributed by atoms with Gasteiger partial charge in [-0.05, 0) is 36.7 Å². The van der Waals surface area contributed by atoms with Crippen LogP contribution in [-0.2, 0) is 24.3 Å². The molecule has 0 aromatic carbocycles. The maximum atomic E-state index is 13.3. The van der Waals surface area contributed by atoms with Crippen LogP contribution in [0.15, 0.2) is 12.2 Å². The normalized spacial score (nSPS) is 45.8. The van der Waals surface area contributed by atoms with Crippen molar-refractivity contribution in [2.45, 2.75) is 70.9 Å². The SMILES string of the molecule is CCN(CC)S(=O)(=O)C[C@]12CC[C@H](C[C@H]1OC(=O)C13CN1[C@@H]1C=C[C@H]3O1)C2(C)C. The van der Waals surface area contributed by atoms with E-state index in [1.807, 2.05) is 30.9 Å². The second-order valence-corrected chi connectivity index (χ2v) is 11.9. The highest BCUT2D eigenvalue weighted by Crippen LogP contribution is 2.67. The van der Waals surface area contributed by atoms with Crippen LogP contribution in [0.5, 0.6) is 0 Å². The number of rotatable bonds is 7. The van der Waals surface area contributed by atoms with E-state index in [9.17, 15) is 13.2 Å². The van der Waals surface area contributed by atoms with Crippen molar-refractivity contribution in [3.8, 4) is 0 Å². The van der Waals surface area contributed by atoms with Gasteiger partial charge in [-0.2, -0.15) is 0 Å². The average Bonchev–Trinajstić information content (AvgIpc) is 2.94. The van der Waals surface area contributed by atoms with E-state index in [-0.39, 0.29) is 35.6 Å². The second-order valence-electron chi connectivity index (χ2n) is 9.97. The largest absolute Gasteiger partial charge is 0.460 e. The molecular formula is C21H32N2O5S. The summed E-state index contributed by atoms with van der Waals surface area (Å²) in [6, 6.07) is 0. The number of esters is 1. The lowest BCUT2D eigenvalue weighted by atomic mass is 9.69. The van der Waals surface area contributed by atoms with E-state index in [4.69, 9.17) is 9.47 Å². The van der Waals surface area contributed by atoms with Crippen LogP contribution < -0.4 is 0 Å². The highest BCUT2D eigenvalue weighted by molar-refractivity contribution is 7.89. The Morgan fingerprint density at radius 3 is 2.59 bits per heavy atom. The molecule has 0 aromatic heterocycles. The molecule has 4 bridgehead atoms. The summed E-state index contributed by atoms with van der Waals surface area (Å²) in [5.74, 6) is 0.209. The van der Waals surface area contributed by atoms with Crippen LogP contribution in [0.25, 0.3) is 0 Å². The third-order valence-corrected chi connectivity index (χ3v) is 11.0. The Hall–Kier alpha value is -0.960. The first-order valence-corrected chi connectivity index (χ1v) is 12.5. The van der Waals surface area contributed by atoms with Crippen LogP contribution in [0.3, 0.4) is 0 Å². The molecule has 2 saturated carbocycles. The molecule has 4 fully saturated rings. The van der Waals surface area contributed by atoms with E-state index in [0.29, 0.717) is 25.6 Å². The first kappa shape index (κ1) is 20.0. The minimum absolute atomic E-state index is 0.0578. The number of nitrogens with zero attached hydrogens (tertiary/aromatic N) is 2. The van der Waals surface area contributed by atoms with E-state index >= 15 is 0 Å². The van der Waals surface area contributed by atoms with Gasteiger partial charge in [-0.3, -0.25) is 4.90 Å². The van der Waals surface area contributed by atoms with Gasteiger partial charge in [0.2, 0.25) is 10.0 Å². The molecule has 5 rings (SSSR count). The second kappa shape index (κ2) is 6.05. The lowest BCUT2D eigenvalue weighted by Crippen LogP contribution is -2.51.